The molecule has 20 heavy (non-hydrogen) atoms. The van der Waals surface area contributed by atoms with E-state index in [9.17, 15) is 12.8 Å². The van der Waals surface area contributed by atoms with Crippen LogP contribution in [0.3, 0.4) is 0 Å². The molecule has 5 nitrogen and oxygen atoms in total. The average Bonchev–Trinajstić information content (AvgIpc) is 2.74. The summed E-state index contributed by atoms with van der Waals surface area (Å²) in [5.41, 5.74) is 5.40. The van der Waals surface area contributed by atoms with Gasteiger partial charge in [0.2, 0.25) is 10.0 Å². The summed E-state index contributed by atoms with van der Waals surface area (Å²) in [4.78, 5) is -0.158. The Kier molecular flexibility index (Phi) is 3.82. The highest BCUT2D eigenvalue weighted by Crippen LogP contribution is 2.23. The minimum absolute atomic E-state index is 0.139. The molecular formula is C13H15FN2O3S. The monoisotopic (exact) mass is 298 g/mol. The smallest absolute Gasteiger partial charge is 0.243 e. The van der Waals surface area contributed by atoms with Gasteiger partial charge in [0, 0.05) is 0 Å². The maximum absolute atomic E-state index is 13.0. The highest BCUT2D eigenvalue weighted by molar-refractivity contribution is 7.89. The number of rotatable bonds is 4. The maximum Gasteiger partial charge on any atom is 0.243 e. The van der Waals surface area contributed by atoms with Gasteiger partial charge in [-0.25, -0.2) is 17.5 Å². The van der Waals surface area contributed by atoms with Crippen LogP contribution in [0.25, 0.3) is 0 Å². The third-order valence-electron chi connectivity index (χ3n) is 2.78. The molecule has 0 saturated heterocycles. The Balaban J connectivity index is 2.27. The van der Waals surface area contributed by atoms with Crippen molar-refractivity contribution < 1.29 is 17.2 Å². The van der Waals surface area contributed by atoms with Crippen molar-refractivity contribution in [2.45, 2.75) is 24.8 Å². The summed E-state index contributed by atoms with van der Waals surface area (Å²) in [5.74, 6) is 0.593. The topological polar surface area (TPSA) is 85.3 Å². The molecule has 1 aromatic carbocycles. The summed E-state index contributed by atoms with van der Waals surface area (Å²) in [6.45, 7) is 3.41. The lowest BCUT2D eigenvalue weighted by atomic mass is 10.3. The van der Waals surface area contributed by atoms with Crippen LogP contribution in [0, 0.1) is 12.7 Å². The third kappa shape index (κ3) is 3.00. The van der Waals surface area contributed by atoms with Gasteiger partial charge >= 0.3 is 0 Å². The predicted octanol–water partition coefficient (Wildman–Crippen LogP) is 2.35. The fraction of sp³-hybridized carbons (Fsp3) is 0.231. The molecule has 108 valence electrons. The van der Waals surface area contributed by atoms with Crippen LogP contribution >= 0.6 is 0 Å². The number of nitrogen functional groups attached to an aromatic ring is 1. The molecule has 0 aliphatic rings. The Hall–Kier alpha value is -1.86. The van der Waals surface area contributed by atoms with Crippen molar-refractivity contribution in [3.63, 3.8) is 0 Å². The number of sulfonamides is 1. The van der Waals surface area contributed by atoms with Crippen molar-refractivity contribution in [1.82, 2.24) is 4.72 Å². The van der Waals surface area contributed by atoms with E-state index in [4.69, 9.17) is 10.2 Å². The van der Waals surface area contributed by atoms with Crippen LogP contribution in [-0.2, 0) is 10.0 Å². The fourth-order valence-electron chi connectivity index (χ4n) is 1.80. The van der Waals surface area contributed by atoms with Crippen LogP contribution in [0.4, 0.5) is 10.1 Å². The number of anilines is 1. The Bertz CT molecular complexity index is 725. The lowest BCUT2D eigenvalue weighted by molar-refractivity contribution is 0.441. The number of benzene rings is 1. The highest BCUT2D eigenvalue weighted by Gasteiger charge is 2.22. The van der Waals surface area contributed by atoms with E-state index >= 15 is 0 Å². The summed E-state index contributed by atoms with van der Waals surface area (Å²) in [6.07, 6.45) is 0. The molecule has 0 aliphatic carbocycles. The molecule has 1 unspecified atom stereocenters. The van der Waals surface area contributed by atoms with Crippen LogP contribution in [0.2, 0.25) is 0 Å². The van der Waals surface area contributed by atoms with E-state index in [1.165, 1.54) is 0 Å². The van der Waals surface area contributed by atoms with Gasteiger partial charge in [0.1, 0.15) is 22.2 Å². The molecule has 2 rings (SSSR count). The molecule has 0 radical (unpaired) electrons. The number of hydrogen-bond donors (Lipinski definition) is 2. The largest absolute Gasteiger partial charge is 0.465 e. The van der Waals surface area contributed by atoms with E-state index in [2.05, 4.69) is 4.72 Å². The van der Waals surface area contributed by atoms with E-state index in [-0.39, 0.29) is 10.6 Å². The van der Waals surface area contributed by atoms with Gasteiger partial charge in [-0.3, -0.25) is 0 Å². The average molecular weight is 298 g/mol. The molecule has 1 aromatic heterocycles. The summed E-state index contributed by atoms with van der Waals surface area (Å²) in [6, 6.07) is 6.03. The van der Waals surface area contributed by atoms with Gasteiger partial charge in [0.15, 0.2) is 0 Å². The van der Waals surface area contributed by atoms with Crippen molar-refractivity contribution in [2.24, 2.45) is 0 Å². The van der Waals surface area contributed by atoms with E-state index < -0.39 is 21.9 Å². The van der Waals surface area contributed by atoms with Crippen molar-refractivity contribution in [2.75, 3.05) is 5.73 Å². The van der Waals surface area contributed by atoms with Gasteiger partial charge in [-0.2, -0.15) is 0 Å². The van der Waals surface area contributed by atoms with Crippen molar-refractivity contribution >= 4 is 15.7 Å². The van der Waals surface area contributed by atoms with Gasteiger partial charge in [-0.05, 0) is 44.2 Å². The second-order valence-corrected chi connectivity index (χ2v) is 6.16. The summed E-state index contributed by atoms with van der Waals surface area (Å²) in [5, 5.41) is 0. The molecule has 1 heterocycles. The molecule has 2 aromatic rings. The maximum atomic E-state index is 13.0. The van der Waals surface area contributed by atoms with E-state index in [1.807, 2.05) is 0 Å². The first-order chi connectivity index (χ1) is 9.29. The molecule has 1 atom stereocenters. The Morgan fingerprint density at radius 3 is 2.55 bits per heavy atom. The summed E-state index contributed by atoms with van der Waals surface area (Å²) in [7, 11) is -3.85. The Labute approximate surface area is 116 Å². The molecule has 3 N–H and O–H groups in total. The molecule has 0 fully saturated rings. The Morgan fingerprint density at radius 2 is 2.00 bits per heavy atom. The van der Waals surface area contributed by atoms with E-state index in [0.717, 1.165) is 18.2 Å². The number of hydrogen-bond acceptors (Lipinski definition) is 4. The van der Waals surface area contributed by atoms with Crippen LogP contribution in [0.15, 0.2) is 39.6 Å². The molecule has 0 amide bonds. The molecule has 0 spiro atoms. The standard InChI is InChI=1S/C13H15FN2O3S/c1-8-3-5-12(19-8)9(2)16-20(17,18)13-6-4-10(14)7-11(13)15/h3-7,9,16H,15H2,1-2H3. The second-order valence-electron chi connectivity index (χ2n) is 4.47. The van der Waals surface area contributed by atoms with Gasteiger partial charge in [0.05, 0.1) is 11.7 Å². The SMILES string of the molecule is Cc1ccc(C(C)NS(=O)(=O)c2ccc(F)cc2N)o1. The van der Waals surface area contributed by atoms with Gasteiger partial charge in [-0.15, -0.1) is 0 Å². The van der Waals surface area contributed by atoms with E-state index in [1.54, 1.807) is 26.0 Å². The number of halogens is 1. The van der Waals surface area contributed by atoms with Crippen LogP contribution in [-0.4, -0.2) is 8.42 Å². The lowest BCUT2D eigenvalue weighted by Gasteiger charge is -2.13. The van der Waals surface area contributed by atoms with Crippen LogP contribution in [0.5, 0.6) is 0 Å². The number of furan rings is 1. The fourth-order valence-corrected chi connectivity index (χ4v) is 3.13. The minimum atomic E-state index is -3.85. The first-order valence-corrected chi connectivity index (χ1v) is 7.41. The summed E-state index contributed by atoms with van der Waals surface area (Å²) < 4.78 is 45.2. The lowest BCUT2D eigenvalue weighted by Crippen LogP contribution is -2.27. The molecule has 0 saturated carbocycles. The van der Waals surface area contributed by atoms with Gasteiger partial charge in [0.25, 0.3) is 0 Å². The number of nitrogens with one attached hydrogen (secondary N) is 1. The van der Waals surface area contributed by atoms with Crippen molar-refractivity contribution in [3.8, 4) is 0 Å². The molecule has 7 heteroatoms. The normalized spacial score (nSPS) is 13.3. The predicted molar refractivity (Wildman–Crippen MR) is 73.0 cm³/mol. The second kappa shape index (κ2) is 5.26. The molecular weight excluding hydrogens is 283 g/mol. The number of aryl methyl sites for hydroxylation is 1. The van der Waals surface area contributed by atoms with Crippen LogP contribution in [0.1, 0.15) is 24.5 Å². The van der Waals surface area contributed by atoms with Crippen LogP contribution < -0.4 is 10.5 Å². The molecule has 0 bridgehead atoms. The zero-order chi connectivity index (χ0) is 14.9. The first-order valence-electron chi connectivity index (χ1n) is 5.93. The van der Waals surface area contributed by atoms with Crippen molar-refractivity contribution in [1.29, 1.82) is 0 Å². The zero-order valence-electron chi connectivity index (χ0n) is 11.1. The van der Waals surface area contributed by atoms with E-state index in [0.29, 0.717) is 11.5 Å². The quantitative estimate of drug-likeness (QED) is 0.848. The van der Waals surface area contributed by atoms with Gasteiger partial charge in [-0.1, -0.05) is 0 Å². The third-order valence-corrected chi connectivity index (χ3v) is 4.40. The van der Waals surface area contributed by atoms with Gasteiger partial charge < -0.3 is 10.2 Å². The van der Waals surface area contributed by atoms with Crippen molar-refractivity contribution in [3.05, 3.63) is 47.7 Å². The minimum Gasteiger partial charge on any atom is -0.465 e. The first kappa shape index (κ1) is 14.5. The Morgan fingerprint density at radius 1 is 1.30 bits per heavy atom. The highest BCUT2D eigenvalue weighted by atomic mass is 32.2. The molecule has 0 aliphatic heterocycles. The number of nitrogens with two attached hydrogens (primary N) is 1. The summed E-state index contributed by atoms with van der Waals surface area (Å²) >= 11 is 0. The zero-order valence-corrected chi connectivity index (χ0v) is 11.9.